The molecule has 0 saturated carbocycles. The van der Waals surface area contributed by atoms with E-state index in [-0.39, 0.29) is 0 Å². The van der Waals surface area contributed by atoms with Crippen molar-refractivity contribution in [3.8, 4) is 0 Å². The number of nitrogens with zero attached hydrogens (tertiary/aromatic N) is 1. The molecular formula is C8H17NS. The number of hydrogen-bond donors (Lipinski definition) is 0. The minimum absolute atomic E-state index is 0.590. The van der Waals surface area contributed by atoms with Crippen molar-refractivity contribution >= 4 is 17.7 Å². The molecule has 0 unspecified atom stereocenters. The Kier molecular flexibility index (Phi) is 4.79. The first-order valence-corrected chi connectivity index (χ1v) is 4.88. The number of rotatable bonds is 3. The van der Waals surface area contributed by atoms with Crippen molar-refractivity contribution in [3.05, 3.63) is 0 Å². The zero-order chi connectivity index (χ0) is 8.15. The lowest BCUT2D eigenvalue weighted by Gasteiger charge is -2.12. The van der Waals surface area contributed by atoms with E-state index in [9.17, 15) is 0 Å². The van der Waals surface area contributed by atoms with Gasteiger partial charge in [-0.1, -0.05) is 27.7 Å². The quantitative estimate of drug-likeness (QED) is 0.455. The van der Waals surface area contributed by atoms with Gasteiger partial charge in [0.2, 0.25) is 0 Å². The Morgan fingerprint density at radius 3 is 1.60 bits per heavy atom. The van der Waals surface area contributed by atoms with Crippen LogP contribution in [0.25, 0.3) is 0 Å². The zero-order valence-electron chi connectivity index (χ0n) is 7.51. The standard InChI is InChI=1S/C8H17NS/c1-6(2)8(7(3)4)9-10-5/h6-7H,1-5H3. The van der Waals surface area contributed by atoms with E-state index in [2.05, 4.69) is 32.1 Å². The van der Waals surface area contributed by atoms with Crippen LogP contribution in [-0.4, -0.2) is 12.0 Å². The van der Waals surface area contributed by atoms with E-state index < -0.39 is 0 Å². The van der Waals surface area contributed by atoms with E-state index in [1.807, 2.05) is 6.26 Å². The van der Waals surface area contributed by atoms with Gasteiger partial charge in [0.15, 0.2) is 0 Å². The van der Waals surface area contributed by atoms with Gasteiger partial charge in [-0.2, -0.15) is 0 Å². The van der Waals surface area contributed by atoms with Gasteiger partial charge >= 0.3 is 0 Å². The predicted octanol–water partition coefficient (Wildman–Crippen LogP) is 3.02. The molecule has 0 heterocycles. The molecular weight excluding hydrogens is 142 g/mol. The second-order valence-corrected chi connectivity index (χ2v) is 3.56. The maximum absolute atomic E-state index is 4.36. The van der Waals surface area contributed by atoms with Crippen molar-refractivity contribution in [2.45, 2.75) is 27.7 Å². The Balaban J connectivity index is 4.12. The first-order valence-electron chi connectivity index (χ1n) is 3.70. The van der Waals surface area contributed by atoms with Gasteiger partial charge in [-0.3, -0.25) is 0 Å². The fraction of sp³-hybridized carbons (Fsp3) is 0.875. The summed E-state index contributed by atoms with van der Waals surface area (Å²) in [6, 6.07) is 0. The molecule has 0 N–H and O–H groups in total. The Hall–Kier alpha value is 0.0200. The molecule has 0 aliphatic carbocycles. The van der Waals surface area contributed by atoms with Crippen LogP contribution in [0.2, 0.25) is 0 Å². The Morgan fingerprint density at radius 1 is 1.10 bits per heavy atom. The second-order valence-electron chi connectivity index (χ2n) is 3.01. The topological polar surface area (TPSA) is 12.4 Å². The highest BCUT2D eigenvalue weighted by Gasteiger charge is 2.08. The first kappa shape index (κ1) is 10.0. The molecule has 0 atom stereocenters. The van der Waals surface area contributed by atoms with Crippen LogP contribution < -0.4 is 0 Å². The molecule has 0 aromatic rings. The van der Waals surface area contributed by atoms with Crippen LogP contribution in [0.4, 0.5) is 0 Å². The molecule has 0 spiro atoms. The van der Waals surface area contributed by atoms with Crippen molar-refractivity contribution in [3.63, 3.8) is 0 Å². The van der Waals surface area contributed by atoms with Gasteiger partial charge in [0.25, 0.3) is 0 Å². The first-order chi connectivity index (χ1) is 4.59. The molecule has 0 amide bonds. The molecule has 0 radical (unpaired) electrons. The van der Waals surface area contributed by atoms with E-state index in [1.54, 1.807) is 11.9 Å². The van der Waals surface area contributed by atoms with Crippen molar-refractivity contribution < 1.29 is 0 Å². The van der Waals surface area contributed by atoms with Crippen molar-refractivity contribution in [1.82, 2.24) is 0 Å². The monoisotopic (exact) mass is 159 g/mol. The van der Waals surface area contributed by atoms with Crippen LogP contribution in [0, 0.1) is 11.8 Å². The molecule has 10 heavy (non-hydrogen) atoms. The molecule has 0 saturated heterocycles. The maximum Gasteiger partial charge on any atom is 0.0312 e. The highest BCUT2D eigenvalue weighted by Crippen LogP contribution is 2.11. The number of hydrogen-bond acceptors (Lipinski definition) is 2. The van der Waals surface area contributed by atoms with Gasteiger partial charge in [-0.25, -0.2) is 4.40 Å². The summed E-state index contributed by atoms with van der Waals surface area (Å²) in [5.41, 5.74) is 1.31. The van der Waals surface area contributed by atoms with Gasteiger partial charge in [0.05, 0.1) is 0 Å². The molecule has 1 nitrogen and oxygen atoms in total. The van der Waals surface area contributed by atoms with E-state index in [4.69, 9.17) is 0 Å². The van der Waals surface area contributed by atoms with Crippen LogP contribution in [-0.2, 0) is 0 Å². The second kappa shape index (κ2) is 4.78. The van der Waals surface area contributed by atoms with Gasteiger partial charge in [-0.05, 0) is 23.8 Å². The zero-order valence-corrected chi connectivity index (χ0v) is 8.33. The summed E-state index contributed by atoms with van der Waals surface area (Å²) in [6.45, 7) is 8.76. The fourth-order valence-electron chi connectivity index (χ4n) is 0.983. The molecule has 0 rings (SSSR count). The Labute approximate surface area is 68.4 Å². The van der Waals surface area contributed by atoms with Crippen LogP contribution in [0.5, 0.6) is 0 Å². The Bertz CT molecular complexity index is 106. The maximum atomic E-state index is 4.36. The van der Waals surface area contributed by atoms with Gasteiger partial charge in [0.1, 0.15) is 0 Å². The van der Waals surface area contributed by atoms with Gasteiger partial charge < -0.3 is 0 Å². The molecule has 0 aliphatic heterocycles. The molecule has 0 aliphatic rings. The lowest BCUT2D eigenvalue weighted by molar-refractivity contribution is 0.769. The van der Waals surface area contributed by atoms with E-state index in [0.29, 0.717) is 11.8 Å². The minimum atomic E-state index is 0.590. The molecule has 0 aromatic carbocycles. The summed E-state index contributed by atoms with van der Waals surface area (Å²) in [4.78, 5) is 0. The third kappa shape index (κ3) is 3.25. The minimum Gasteiger partial charge on any atom is -0.225 e. The van der Waals surface area contributed by atoms with Crippen LogP contribution in [0.1, 0.15) is 27.7 Å². The predicted molar refractivity (Wildman–Crippen MR) is 50.6 cm³/mol. The Morgan fingerprint density at radius 2 is 1.50 bits per heavy atom. The van der Waals surface area contributed by atoms with E-state index in [0.717, 1.165) is 0 Å². The highest BCUT2D eigenvalue weighted by molar-refractivity contribution is 7.97. The molecule has 60 valence electrons. The van der Waals surface area contributed by atoms with Crippen molar-refractivity contribution in [1.29, 1.82) is 0 Å². The normalized spacial score (nSPS) is 10.7. The average molecular weight is 159 g/mol. The fourth-order valence-corrected chi connectivity index (χ4v) is 1.62. The average Bonchev–Trinajstić information content (AvgIpc) is 1.81. The summed E-state index contributed by atoms with van der Waals surface area (Å²) in [5, 5.41) is 0. The smallest absolute Gasteiger partial charge is 0.0312 e. The third-order valence-corrected chi connectivity index (χ3v) is 1.77. The summed E-state index contributed by atoms with van der Waals surface area (Å²) in [6.07, 6.45) is 2.00. The van der Waals surface area contributed by atoms with Crippen LogP contribution >= 0.6 is 11.9 Å². The highest BCUT2D eigenvalue weighted by atomic mass is 32.2. The molecule has 0 fully saturated rings. The summed E-state index contributed by atoms with van der Waals surface area (Å²) in [5.74, 6) is 1.18. The summed E-state index contributed by atoms with van der Waals surface area (Å²) >= 11 is 1.55. The van der Waals surface area contributed by atoms with Crippen molar-refractivity contribution in [2.75, 3.05) is 6.26 Å². The van der Waals surface area contributed by atoms with Crippen LogP contribution in [0.3, 0.4) is 0 Å². The summed E-state index contributed by atoms with van der Waals surface area (Å²) < 4.78 is 4.36. The molecule has 0 bridgehead atoms. The lowest BCUT2D eigenvalue weighted by atomic mass is 9.98. The third-order valence-electron chi connectivity index (χ3n) is 1.38. The molecule has 0 aromatic heterocycles. The molecule has 2 heteroatoms. The summed E-state index contributed by atoms with van der Waals surface area (Å²) in [7, 11) is 0. The largest absolute Gasteiger partial charge is 0.225 e. The van der Waals surface area contributed by atoms with Crippen LogP contribution in [0.15, 0.2) is 4.40 Å². The van der Waals surface area contributed by atoms with E-state index in [1.165, 1.54) is 5.71 Å². The van der Waals surface area contributed by atoms with Gasteiger partial charge in [-0.15, -0.1) is 0 Å². The lowest BCUT2D eigenvalue weighted by Crippen LogP contribution is -2.13. The SMILES string of the molecule is CSN=C(C(C)C)C(C)C. The van der Waals surface area contributed by atoms with E-state index >= 15 is 0 Å². The van der Waals surface area contributed by atoms with Gasteiger partial charge in [0, 0.05) is 12.0 Å². The van der Waals surface area contributed by atoms with Crippen molar-refractivity contribution in [2.24, 2.45) is 16.2 Å².